The molecule has 0 amide bonds. The molecule has 0 saturated carbocycles. The zero-order chi connectivity index (χ0) is 13.5. The van der Waals surface area contributed by atoms with E-state index in [4.69, 9.17) is 4.74 Å². The van der Waals surface area contributed by atoms with Crippen LogP contribution in [0, 0.1) is 17.6 Å². The van der Waals surface area contributed by atoms with E-state index in [9.17, 15) is 8.78 Å². The van der Waals surface area contributed by atoms with Gasteiger partial charge in [-0.2, -0.15) is 4.39 Å². The van der Waals surface area contributed by atoms with Crippen LogP contribution in [0.2, 0.25) is 0 Å². The lowest BCUT2D eigenvalue weighted by Gasteiger charge is -2.24. The van der Waals surface area contributed by atoms with Crippen molar-refractivity contribution in [1.29, 1.82) is 0 Å². The van der Waals surface area contributed by atoms with Crippen LogP contribution in [-0.2, 0) is 0 Å². The second kappa shape index (κ2) is 7.31. The Morgan fingerprint density at radius 3 is 2.61 bits per heavy atom. The van der Waals surface area contributed by atoms with Gasteiger partial charge in [0.25, 0.3) is 0 Å². The van der Waals surface area contributed by atoms with Crippen molar-refractivity contribution in [2.75, 3.05) is 13.2 Å². The smallest absolute Gasteiger partial charge is 0.200 e. The zero-order valence-corrected chi connectivity index (χ0v) is 11.2. The molecule has 18 heavy (non-hydrogen) atoms. The minimum absolute atomic E-state index is 0.0267. The maximum Gasteiger partial charge on any atom is 0.200 e. The minimum atomic E-state index is -0.920. The van der Waals surface area contributed by atoms with E-state index in [0.717, 1.165) is 19.0 Å². The fraction of sp³-hybridized carbons (Fsp3) is 0.571. The highest BCUT2D eigenvalue weighted by atomic mass is 19.2. The zero-order valence-electron chi connectivity index (χ0n) is 11.2. The van der Waals surface area contributed by atoms with E-state index in [1.807, 2.05) is 6.92 Å². The second-order valence-corrected chi connectivity index (χ2v) is 4.41. The molecule has 0 fully saturated rings. The van der Waals surface area contributed by atoms with Gasteiger partial charge in [-0.05, 0) is 24.6 Å². The maximum absolute atomic E-state index is 13.4. The fourth-order valence-electron chi connectivity index (χ4n) is 1.75. The van der Waals surface area contributed by atoms with Gasteiger partial charge < -0.3 is 10.1 Å². The summed E-state index contributed by atoms with van der Waals surface area (Å²) in [7, 11) is 0. The van der Waals surface area contributed by atoms with Crippen LogP contribution in [0.5, 0.6) is 5.75 Å². The molecule has 4 heteroatoms. The van der Waals surface area contributed by atoms with Crippen LogP contribution in [0.25, 0.3) is 0 Å². The van der Waals surface area contributed by atoms with Crippen LogP contribution in [0.3, 0.4) is 0 Å². The molecule has 1 aromatic rings. The predicted octanol–water partition coefficient (Wildman–Crippen LogP) is 3.37. The van der Waals surface area contributed by atoms with Gasteiger partial charge in [-0.1, -0.05) is 33.3 Å². The standard InChI is InChI=1S/C14H21F2NO/c1-4-10(3)12(17-5-2)9-18-13-8-6-7-11(15)14(13)16/h6-8,10,12,17H,4-5,9H2,1-3H3. The Labute approximate surface area is 107 Å². The first-order valence-corrected chi connectivity index (χ1v) is 6.40. The third kappa shape index (κ3) is 3.95. The Morgan fingerprint density at radius 1 is 1.28 bits per heavy atom. The van der Waals surface area contributed by atoms with Crippen molar-refractivity contribution in [2.45, 2.75) is 33.2 Å². The van der Waals surface area contributed by atoms with Crippen molar-refractivity contribution < 1.29 is 13.5 Å². The van der Waals surface area contributed by atoms with Crippen molar-refractivity contribution in [2.24, 2.45) is 5.92 Å². The SMILES string of the molecule is CCNC(COc1cccc(F)c1F)C(C)CC. The van der Waals surface area contributed by atoms with E-state index in [1.54, 1.807) is 0 Å². The molecule has 0 radical (unpaired) electrons. The summed E-state index contributed by atoms with van der Waals surface area (Å²) in [6, 6.07) is 4.11. The molecule has 0 bridgehead atoms. The Kier molecular flexibility index (Phi) is 6.05. The van der Waals surface area contributed by atoms with E-state index in [1.165, 1.54) is 12.1 Å². The Morgan fingerprint density at radius 2 is 2.00 bits per heavy atom. The molecule has 0 spiro atoms. The molecule has 2 atom stereocenters. The molecule has 1 aromatic carbocycles. The molecule has 1 N–H and O–H groups in total. The summed E-state index contributed by atoms with van der Waals surface area (Å²) in [6.07, 6.45) is 1.01. The molecule has 1 rings (SSSR count). The van der Waals surface area contributed by atoms with E-state index in [2.05, 4.69) is 19.2 Å². The molecular formula is C14H21F2NO. The van der Waals surface area contributed by atoms with Crippen LogP contribution in [0.15, 0.2) is 18.2 Å². The lowest BCUT2D eigenvalue weighted by molar-refractivity contribution is 0.213. The number of likely N-dealkylation sites (N-methyl/N-ethyl adjacent to an activating group) is 1. The van der Waals surface area contributed by atoms with Gasteiger partial charge in [-0.15, -0.1) is 0 Å². The molecular weight excluding hydrogens is 236 g/mol. The first kappa shape index (κ1) is 14.9. The van der Waals surface area contributed by atoms with Gasteiger partial charge in [0, 0.05) is 6.04 Å². The molecule has 0 aliphatic carbocycles. The molecule has 2 unspecified atom stereocenters. The largest absolute Gasteiger partial charge is 0.489 e. The Bertz CT molecular complexity index is 371. The van der Waals surface area contributed by atoms with Crippen molar-refractivity contribution in [3.63, 3.8) is 0 Å². The van der Waals surface area contributed by atoms with Gasteiger partial charge in [0.2, 0.25) is 5.82 Å². The van der Waals surface area contributed by atoms with Gasteiger partial charge >= 0.3 is 0 Å². The maximum atomic E-state index is 13.4. The molecule has 102 valence electrons. The number of hydrogen-bond donors (Lipinski definition) is 1. The summed E-state index contributed by atoms with van der Waals surface area (Å²) in [5.41, 5.74) is 0. The highest BCUT2D eigenvalue weighted by Crippen LogP contribution is 2.20. The van der Waals surface area contributed by atoms with Gasteiger partial charge in [0.05, 0.1) is 0 Å². The number of halogens is 2. The Hall–Kier alpha value is -1.16. The van der Waals surface area contributed by atoms with Crippen molar-refractivity contribution in [1.82, 2.24) is 5.32 Å². The van der Waals surface area contributed by atoms with Crippen molar-refractivity contribution in [3.05, 3.63) is 29.8 Å². The molecule has 0 aromatic heterocycles. The van der Waals surface area contributed by atoms with Gasteiger partial charge in [0.15, 0.2) is 11.6 Å². The van der Waals surface area contributed by atoms with Crippen LogP contribution < -0.4 is 10.1 Å². The van der Waals surface area contributed by atoms with Gasteiger partial charge in [0.1, 0.15) is 6.61 Å². The fourth-order valence-corrected chi connectivity index (χ4v) is 1.75. The summed E-state index contributed by atoms with van der Waals surface area (Å²) < 4.78 is 31.8. The first-order valence-electron chi connectivity index (χ1n) is 6.40. The monoisotopic (exact) mass is 257 g/mol. The second-order valence-electron chi connectivity index (χ2n) is 4.41. The number of nitrogens with one attached hydrogen (secondary N) is 1. The minimum Gasteiger partial charge on any atom is -0.489 e. The van der Waals surface area contributed by atoms with Crippen molar-refractivity contribution >= 4 is 0 Å². The van der Waals surface area contributed by atoms with Crippen molar-refractivity contribution in [3.8, 4) is 5.75 Å². The number of benzene rings is 1. The van der Waals surface area contributed by atoms with Crippen LogP contribution in [0.4, 0.5) is 8.78 Å². The quantitative estimate of drug-likeness (QED) is 0.808. The number of rotatable bonds is 7. The number of hydrogen-bond acceptors (Lipinski definition) is 2. The van der Waals surface area contributed by atoms with Crippen LogP contribution in [0.1, 0.15) is 27.2 Å². The third-order valence-corrected chi connectivity index (χ3v) is 3.13. The molecule has 2 nitrogen and oxygen atoms in total. The summed E-state index contributed by atoms with van der Waals surface area (Å²) in [5.74, 6) is -1.41. The number of ether oxygens (including phenoxy) is 1. The molecule has 0 heterocycles. The van der Waals surface area contributed by atoms with E-state index in [-0.39, 0.29) is 11.8 Å². The van der Waals surface area contributed by atoms with Gasteiger partial charge in [-0.3, -0.25) is 0 Å². The van der Waals surface area contributed by atoms with E-state index in [0.29, 0.717) is 12.5 Å². The topological polar surface area (TPSA) is 21.3 Å². The summed E-state index contributed by atoms with van der Waals surface area (Å²) in [5, 5.41) is 3.30. The normalized spacial score (nSPS) is 14.3. The molecule has 0 aliphatic heterocycles. The highest BCUT2D eigenvalue weighted by Gasteiger charge is 2.17. The highest BCUT2D eigenvalue weighted by molar-refractivity contribution is 5.25. The van der Waals surface area contributed by atoms with E-state index < -0.39 is 11.6 Å². The summed E-state index contributed by atoms with van der Waals surface area (Å²) >= 11 is 0. The van der Waals surface area contributed by atoms with E-state index >= 15 is 0 Å². The van der Waals surface area contributed by atoms with Crippen LogP contribution >= 0.6 is 0 Å². The molecule has 0 saturated heterocycles. The first-order chi connectivity index (χ1) is 8.60. The van der Waals surface area contributed by atoms with Crippen LogP contribution in [-0.4, -0.2) is 19.2 Å². The third-order valence-electron chi connectivity index (χ3n) is 3.13. The average Bonchev–Trinajstić information content (AvgIpc) is 2.38. The average molecular weight is 257 g/mol. The summed E-state index contributed by atoms with van der Waals surface area (Å²) in [4.78, 5) is 0. The lowest BCUT2D eigenvalue weighted by Crippen LogP contribution is -2.39. The lowest BCUT2D eigenvalue weighted by atomic mass is 10.00. The summed E-state index contributed by atoms with van der Waals surface area (Å²) in [6.45, 7) is 7.38. The van der Waals surface area contributed by atoms with Gasteiger partial charge in [-0.25, -0.2) is 4.39 Å². The molecule has 0 aliphatic rings. The predicted molar refractivity (Wildman–Crippen MR) is 68.8 cm³/mol. The Balaban J connectivity index is 2.64.